The van der Waals surface area contributed by atoms with E-state index in [-0.39, 0.29) is 0 Å². The molecule has 16 heavy (non-hydrogen) atoms. The van der Waals surface area contributed by atoms with Crippen LogP contribution in [0.25, 0.3) is 0 Å². The second-order valence-electron chi connectivity index (χ2n) is 4.47. The number of aromatic nitrogens is 1. The van der Waals surface area contributed by atoms with Gasteiger partial charge in [-0.3, -0.25) is 4.98 Å². The van der Waals surface area contributed by atoms with Crippen LogP contribution in [0.1, 0.15) is 25.8 Å². The first kappa shape index (κ1) is 13.1. The maximum atomic E-state index is 4.09. The van der Waals surface area contributed by atoms with Crippen molar-refractivity contribution in [1.29, 1.82) is 0 Å². The highest BCUT2D eigenvalue weighted by Crippen LogP contribution is 1.96. The number of nitrogens with zero attached hydrogens (tertiary/aromatic N) is 2. The minimum absolute atomic E-state index is 0.637. The second kappa shape index (κ2) is 7.36. The Balaban J connectivity index is 2.04. The zero-order valence-corrected chi connectivity index (χ0v) is 10.6. The molecule has 3 heteroatoms. The van der Waals surface area contributed by atoms with E-state index >= 15 is 0 Å². The van der Waals surface area contributed by atoms with E-state index < -0.39 is 0 Å². The number of rotatable bonds is 7. The number of pyridine rings is 1. The molecule has 0 unspecified atom stereocenters. The number of hydrogen-bond donors (Lipinski definition) is 1. The van der Waals surface area contributed by atoms with Gasteiger partial charge in [-0.15, -0.1) is 0 Å². The van der Waals surface area contributed by atoms with Crippen molar-refractivity contribution in [3.05, 3.63) is 30.1 Å². The molecular formula is C13H23N3. The Morgan fingerprint density at radius 3 is 2.88 bits per heavy atom. The lowest BCUT2D eigenvalue weighted by Gasteiger charge is -2.20. The van der Waals surface area contributed by atoms with Crippen molar-refractivity contribution in [2.24, 2.45) is 0 Å². The van der Waals surface area contributed by atoms with E-state index in [0.29, 0.717) is 6.04 Å². The van der Waals surface area contributed by atoms with Gasteiger partial charge in [0.05, 0.1) is 0 Å². The normalized spacial score (nSPS) is 11.3. The average molecular weight is 221 g/mol. The summed E-state index contributed by atoms with van der Waals surface area (Å²) in [5.41, 5.74) is 1.25. The van der Waals surface area contributed by atoms with Gasteiger partial charge in [-0.25, -0.2) is 0 Å². The molecule has 1 N–H and O–H groups in total. The van der Waals surface area contributed by atoms with Crippen LogP contribution in [0.2, 0.25) is 0 Å². The van der Waals surface area contributed by atoms with Crippen LogP contribution in [0, 0.1) is 0 Å². The van der Waals surface area contributed by atoms with Crippen LogP contribution in [-0.2, 0) is 6.54 Å². The smallest absolute Gasteiger partial charge is 0.0312 e. The van der Waals surface area contributed by atoms with E-state index in [0.717, 1.165) is 19.6 Å². The molecular weight excluding hydrogens is 198 g/mol. The summed E-state index contributed by atoms with van der Waals surface area (Å²) in [7, 11) is 2.17. The molecule has 0 bridgehead atoms. The van der Waals surface area contributed by atoms with Crippen LogP contribution < -0.4 is 5.32 Å². The molecule has 0 saturated heterocycles. The van der Waals surface area contributed by atoms with Crippen molar-refractivity contribution in [3.63, 3.8) is 0 Å². The van der Waals surface area contributed by atoms with Crippen molar-refractivity contribution in [2.45, 2.75) is 32.9 Å². The molecule has 0 radical (unpaired) electrons. The van der Waals surface area contributed by atoms with Crippen LogP contribution in [-0.4, -0.2) is 36.1 Å². The monoisotopic (exact) mass is 221 g/mol. The quantitative estimate of drug-likeness (QED) is 0.713. The lowest BCUT2D eigenvalue weighted by molar-refractivity contribution is 0.269. The Kier molecular flexibility index (Phi) is 6.04. The zero-order chi connectivity index (χ0) is 11.8. The largest absolute Gasteiger partial charge is 0.313 e. The average Bonchev–Trinajstić information content (AvgIpc) is 2.29. The highest BCUT2D eigenvalue weighted by atomic mass is 15.1. The summed E-state index contributed by atoms with van der Waals surface area (Å²) in [6.07, 6.45) is 4.91. The van der Waals surface area contributed by atoms with Gasteiger partial charge in [0.1, 0.15) is 0 Å². The van der Waals surface area contributed by atoms with Crippen molar-refractivity contribution in [2.75, 3.05) is 20.1 Å². The van der Waals surface area contributed by atoms with E-state index in [9.17, 15) is 0 Å². The minimum atomic E-state index is 0.637. The number of nitrogens with one attached hydrogen (secondary N) is 1. The van der Waals surface area contributed by atoms with E-state index in [4.69, 9.17) is 0 Å². The first-order valence-electron chi connectivity index (χ1n) is 6.00. The fourth-order valence-electron chi connectivity index (χ4n) is 1.45. The number of hydrogen-bond acceptors (Lipinski definition) is 3. The zero-order valence-electron chi connectivity index (χ0n) is 10.6. The minimum Gasteiger partial charge on any atom is -0.313 e. The van der Waals surface area contributed by atoms with Crippen molar-refractivity contribution < 1.29 is 0 Å². The summed E-state index contributed by atoms with van der Waals surface area (Å²) in [4.78, 5) is 6.45. The van der Waals surface area contributed by atoms with Crippen molar-refractivity contribution in [3.8, 4) is 0 Å². The lowest BCUT2D eigenvalue weighted by atomic mass is 10.2. The Labute approximate surface area is 98.9 Å². The van der Waals surface area contributed by atoms with Gasteiger partial charge >= 0.3 is 0 Å². The third-order valence-corrected chi connectivity index (χ3v) is 2.80. The molecule has 90 valence electrons. The Morgan fingerprint density at radius 1 is 1.44 bits per heavy atom. The van der Waals surface area contributed by atoms with Crippen LogP contribution in [0.3, 0.4) is 0 Å². The lowest BCUT2D eigenvalue weighted by Crippen LogP contribution is -2.29. The predicted molar refractivity (Wildman–Crippen MR) is 68.3 cm³/mol. The van der Waals surface area contributed by atoms with Gasteiger partial charge in [0.15, 0.2) is 0 Å². The van der Waals surface area contributed by atoms with Gasteiger partial charge in [0, 0.05) is 25.0 Å². The fraction of sp³-hybridized carbons (Fsp3) is 0.615. The molecule has 0 aliphatic heterocycles. The molecule has 1 aromatic rings. The van der Waals surface area contributed by atoms with Crippen LogP contribution in [0.4, 0.5) is 0 Å². The Morgan fingerprint density at radius 2 is 2.25 bits per heavy atom. The molecule has 0 aromatic carbocycles. The molecule has 0 aliphatic rings. The summed E-state index contributed by atoms with van der Waals surface area (Å²) in [6.45, 7) is 7.58. The second-order valence-corrected chi connectivity index (χ2v) is 4.47. The van der Waals surface area contributed by atoms with Gasteiger partial charge < -0.3 is 10.2 Å². The third kappa shape index (κ3) is 5.24. The summed E-state index contributed by atoms with van der Waals surface area (Å²) >= 11 is 0. The van der Waals surface area contributed by atoms with Crippen LogP contribution in [0.15, 0.2) is 24.5 Å². The summed E-state index contributed by atoms with van der Waals surface area (Å²) in [5.74, 6) is 0. The van der Waals surface area contributed by atoms with E-state index in [2.05, 4.69) is 42.2 Å². The first-order valence-corrected chi connectivity index (χ1v) is 6.00. The molecule has 0 amide bonds. The maximum Gasteiger partial charge on any atom is 0.0312 e. The van der Waals surface area contributed by atoms with Gasteiger partial charge in [0.25, 0.3) is 0 Å². The molecule has 0 spiro atoms. The molecule has 1 rings (SSSR count). The summed E-state index contributed by atoms with van der Waals surface area (Å²) < 4.78 is 0. The Bertz CT molecular complexity index is 272. The predicted octanol–water partition coefficient (Wildman–Crippen LogP) is 1.90. The highest BCUT2D eigenvalue weighted by Gasteiger charge is 2.01. The van der Waals surface area contributed by atoms with Crippen molar-refractivity contribution >= 4 is 0 Å². The van der Waals surface area contributed by atoms with Gasteiger partial charge in [-0.05, 0) is 52.0 Å². The molecule has 0 aliphatic carbocycles. The van der Waals surface area contributed by atoms with Crippen molar-refractivity contribution in [1.82, 2.24) is 15.2 Å². The highest BCUT2D eigenvalue weighted by molar-refractivity contribution is 5.07. The fourth-order valence-corrected chi connectivity index (χ4v) is 1.45. The van der Waals surface area contributed by atoms with E-state index in [1.807, 2.05) is 12.3 Å². The van der Waals surface area contributed by atoms with Gasteiger partial charge in [-0.1, -0.05) is 6.07 Å². The van der Waals surface area contributed by atoms with Crippen LogP contribution in [0.5, 0.6) is 0 Å². The maximum absolute atomic E-state index is 4.09. The van der Waals surface area contributed by atoms with Crippen LogP contribution >= 0.6 is 0 Å². The molecule has 0 atom stereocenters. The Hall–Kier alpha value is -0.930. The first-order chi connectivity index (χ1) is 7.70. The topological polar surface area (TPSA) is 28.2 Å². The van der Waals surface area contributed by atoms with E-state index in [1.165, 1.54) is 12.0 Å². The molecule has 0 saturated carbocycles. The SMILES string of the molecule is CC(C)N(C)CCCNCc1cccnc1. The third-order valence-electron chi connectivity index (χ3n) is 2.80. The standard InChI is InChI=1S/C13H23N3/c1-12(2)16(3)9-5-8-15-11-13-6-4-7-14-10-13/h4,6-7,10,12,15H,5,8-9,11H2,1-3H3. The molecule has 0 fully saturated rings. The molecule has 1 heterocycles. The van der Waals surface area contributed by atoms with E-state index in [1.54, 1.807) is 6.20 Å². The molecule has 1 aromatic heterocycles. The summed E-state index contributed by atoms with van der Waals surface area (Å²) in [5, 5.41) is 3.43. The van der Waals surface area contributed by atoms with Gasteiger partial charge in [0.2, 0.25) is 0 Å². The molecule has 3 nitrogen and oxygen atoms in total. The van der Waals surface area contributed by atoms with Gasteiger partial charge in [-0.2, -0.15) is 0 Å². The summed E-state index contributed by atoms with van der Waals surface area (Å²) in [6, 6.07) is 4.71.